The summed E-state index contributed by atoms with van der Waals surface area (Å²) in [7, 11) is 0. The van der Waals surface area contributed by atoms with Crippen LogP contribution in [0.2, 0.25) is 0 Å². The van der Waals surface area contributed by atoms with Crippen molar-refractivity contribution >= 4 is 0 Å². The molecule has 0 bridgehead atoms. The zero-order valence-corrected chi connectivity index (χ0v) is 11.5. The van der Waals surface area contributed by atoms with E-state index in [1.54, 1.807) is 6.07 Å². The maximum Gasteiger partial charge on any atom is 0.126 e. The first-order valence-electron chi connectivity index (χ1n) is 7.11. The molecular weight excluding hydrogens is 225 g/mol. The van der Waals surface area contributed by atoms with E-state index in [2.05, 4.69) is 12.2 Å². The number of halogens is 1. The Kier molecular flexibility index (Phi) is 4.76. The van der Waals surface area contributed by atoms with Crippen LogP contribution in [0.4, 0.5) is 4.39 Å². The number of hydrogen-bond donors (Lipinski definition) is 1. The standard InChI is InChI=1S/C16H24FN/c1-12-4-3-5-14(8-12)10-18-11-15-6-7-16(17)13(2)9-15/h6-7,9,12,14,18H,3-5,8,10-11H2,1-2H3. The summed E-state index contributed by atoms with van der Waals surface area (Å²) in [4.78, 5) is 0. The second-order valence-corrected chi connectivity index (χ2v) is 5.85. The van der Waals surface area contributed by atoms with Crippen molar-refractivity contribution < 1.29 is 4.39 Å². The molecule has 1 nitrogen and oxygen atoms in total. The number of nitrogens with one attached hydrogen (secondary N) is 1. The monoisotopic (exact) mass is 249 g/mol. The SMILES string of the molecule is Cc1cc(CNCC2CCCC(C)C2)ccc1F. The molecule has 0 spiro atoms. The van der Waals surface area contributed by atoms with Gasteiger partial charge in [0.15, 0.2) is 0 Å². The van der Waals surface area contributed by atoms with Gasteiger partial charge in [-0.15, -0.1) is 0 Å². The Labute approximate surface area is 110 Å². The van der Waals surface area contributed by atoms with E-state index in [1.807, 2.05) is 19.1 Å². The summed E-state index contributed by atoms with van der Waals surface area (Å²) < 4.78 is 13.1. The lowest BCUT2D eigenvalue weighted by molar-refractivity contribution is 0.274. The first kappa shape index (κ1) is 13.5. The van der Waals surface area contributed by atoms with Gasteiger partial charge in [0, 0.05) is 6.54 Å². The first-order chi connectivity index (χ1) is 8.65. The van der Waals surface area contributed by atoms with Gasteiger partial charge in [0.05, 0.1) is 0 Å². The Bertz CT molecular complexity index is 389. The van der Waals surface area contributed by atoms with E-state index in [4.69, 9.17) is 0 Å². The molecule has 1 saturated carbocycles. The van der Waals surface area contributed by atoms with Crippen molar-refractivity contribution in [2.45, 2.75) is 46.1 Å². The number of aryl methyl sites for hydroxylation is 1. The average molecular weight is 249 g/mol. The number of benzene rings is 1. The molecule has 1 fully saturated rings. The highest BCUT2D eigenvalue weighted by molar-refractivity contribution is 5.23. The Morgan fingerprint density at radius 3 is 2.89 bits per heavy atom. The fourth-order valence-corrected chi connectivity index (χ4v) is 2.98. The normalized spacial score (nSPS) is 24.2. The van der Waals surface area contributed by atoms with Crippen molar-refractivity contribution in [3.05, 3.63) is 35.1 Å². The van der Waals surface area contributed by atoms with Crippen LogP contribution in [0, 0.1) is 24.6 Å². The van der Waals surface area contributed by atoms with Crippen molar-refractivity contribution in [1.82, 2.24) is 5.32 Å². The Balaban J connectivity index is 1.76. The van der Waals surface area contributed by atoms with Gasteiger partial charge in [0.25, 0.3) is 0 Å². The summed E-state index contributed by atoms with van der Waals surface area (Å²) in [5, 5.41) is 3.52. The predicted molar refractivity (Wildman–Crippen MR) is 74.0 cm³/mol. The van der Waals surface area contributed by atoms with E-state index in [0.29, 0.717) is 0 Å². The first-order valence-corrected chi connectivity index (χ1v) is 7.11. The highest BCUT2D eigenvalue weighted by Gasteiger charge is 2.18. The summed E-state index contributed by atoms with van der Waals surface area (Å²) in [6.07, 6.45) is 5.49. The minimum absolute atomic E-state index is 0.111. The summed E-state index contributed by atoms with van der Waals surface area (Å²) in [6, 6.07) is 5.37. The average Bonchev–Trinajstić information content (AvgIpc) is 2.34. The van der Waals surface area contributed by atoms with Crippen LogP contribution in [0.25, 0.3) is 0 Å². The van der Waals surface area contributed by atoms with Gasteiger partial charge in [0.2, 0.25) is 0 Å². The van der Waals surface area contributed by atoms with E-state index in [-0.39, 0.29) is 5.82 Å². The summed E-state index contributed by atoms with van der Waals surface area (Å²) in [6.45, 7) is 6.13. The van der Waals surface area contributed by atoms with Gasteiger partial charge in [-0.2, -0.15) is 0 Å². The molecule has 0 aliphatic heterocycles. The molecule has 2 atom stereocenters. The second-order valence-electron chi connectivity index (χ2n) is 5.85. The summed E-state index contributed by atoms with van der Waals surface area (Å²) in [5.41, 5.74) is 1.92. The fourth-order valence-electron chi connectivity index (χ4n) is 2.98. The molecule has 0 aromatic heterocycles. The fraction of sp³-hybridized carbons (Fsp3) is 0.625. The van der Waals surface area contributed by atoms with Crippen LogP contribution in [0.15, 0.2) is 18.2 Å². The minimum Gasteiger partial charge on any atom is -0.312 e. The molecule has 0 radical (unpaired) electrons. The molecule has 1 aliphatic rings. The quantitative estimate of drug-likeness (QED) is 0.849. The highest BCUT2D eigenvalue weighted by Crippen LogP contribution is 2.27. The van der Waals surface area contributed by atoms with Crippen molar-refractivity contribution in [2.75, 3.05) is 6.54 Å². The molecule has 2 heteroatoms. The maximum atomic E-state index is 13.1. The molecule has 18 heavy (non-hydrogen) atoms. The molecule has 1 aliphatic carbocycles. The second kappa shape index (κ2) is 6.33. The lowest BCUT2D eigenvalue weighted by atomic mass is 9.82. The van der Waals surface area contributed by atoms with Crippen LogP contribution in [0.1, 0.15) is 43.7 Å². The lowest BCUT2D eigenvalue weighted by Crippen LogP contribution is -2.26. The van der Waals surface area contributed by atoms with Gasteiger partial charge >= 0.3 is 0 Å². The van der Waals surface area contributed by atoms with Crippen LogP contribution < -0.4 is 5.32 Å². The molecule has 0 heterocycles. The third-order valence-corrected chi connectivity index (χ3v) is 4.03. The topological polar surface area (TPSA) is 12.0 Å². The largest absolute Gasteiger partial charge is 0.312 e. The van der Waals surface area contributed by atoms with Crippen LogP contribution in [-0.2, 0) is 6.54 Å². The van der Waals surface area contributed by atoms with E-state index >= 15 is 0 Å². The predicted octanol–water partition coefficient (Wildman–Crippen LogP) is 4.05. The zero-order valence-electron chi connectivity index (χ0n) is 11.5. The molecule has 0 amide bonds. The van der Waals surface area contributed by atoms with Gasteiger partial charge in [-0.25, -0.2) is 4.39 Å². The molecule has 1 aromatic carbocycles. The van der Waals surface area contributed by atoms with Gasteiger partial charge < -0.3 is 5.32 Å². The van der Waals surface area contributed by atoms with Crippen LogP contribution in [0.5, 0.6) is 0 Å². The van der Waals surface area contributed by atoms with Gasteiger partial charge in [-0.1, -0.05) is 31.9 Å². The lowest BCUT2D eigenvalue weighted by Gasteiger charge is -2.26. The van der Waals surface area contributed by atoms with Gasteiger partial charge in [-0.05, 0) is 55.3 Å². The number of hydrogen-bond acceptors (Lipinski definition) is 1. The molecule has 2 unspecified atom stereocenters. The highest BCUT2D eigenvalue weighted by atomic mass is 19.1. The molecular formula is C16H24FN. The molecule has 0 saturated heterocycles. The van der Waals surface area contributed by atoms with E-state index < -0.39 is 0 Å². The third kappa shape index (κ3) is 3.81. The Hall–Kier alpha value is -0.890. The van der Waals surface area contributed by atoms with Gasteiger partial charge in [-0.3, -0.25) is 0 Å². The molecule has 2 rings (SSSR count). The Morgan fingerprint density at radius 2 is 2.17 bits per heavy atom. The van der Waals surface area contributed by atoms with E-state index in [0.717, 1.165) is 30.5 Å². The van der Waals surface area contributed by atoms with E-state index in [1.165, 1.54) is 31.2 Å². The van der Waals surface area contributed by atoms with Crippen LogP contribution in [-0.4, -0.2) is 6.54 Å². The molecule has 100 valence electrons. The van der Waals surface area contributed by atoms with Crippen molar-refractivity contribution in [1.29, 1.82) is 0 Å². The smallest absolute Gasteiger partial charge is 0.126 e. The maximum absolute atomic E-state index is 13.1. The molecule has 1 aromatic rings. The number of rotatable bonds is 4. The zero-order chi connectivity index (χ0) is 13.0. The summed E-state index contributed by atoms with van der Waals surface area (Å²) >= 11 is 0. The molecule has 1 N–H and O–H groups in total. The van der Waals surface area contributed by atoms with Crippen molar-refractivity contribution in [3.8, 4) is 0 Å². The van der Waals surface area contributed by atoms with Crippen LogP contribution in [0.3, 0.4) is 0 Å². The third-order valence-electron chi connectivity index (χ3n) is 4.03. The van der Waals surface area contributed by atoms with E-state index in [9.17, 15) is 4.39 Å². The van der Waals surface area contributed by atoms with Crippen LogP contribution >= 0.6 is 0 Å². The van der Waals surface area contributed by atoms with Crippen molar-refractivity contribution in [3.63, 3.8) is 0 Å². The minimum atomic E-state index is -0.111. The van der Waals surface area contributed by atoms with Crippen molar-refractivity contribution in [2.24, 2.45) is 11.8 Å². The Morgan fingerprint density at radius 1 is 1.33 bits per heavy atom. The summed E-state index contributed by atoms with van der Waals surface area (Å²) in [5.74, 6) is 1.61. The van der Waals surface area contributed by atoms with Gasteiger partial charge in [0.1, 0.15) is 5.82 Å².